The lowest BCUT2D eigenvalue weighted by Gasteiger charge is -2.07. The monoisotopic (exact) mass is 411 g/mol. The molecule has 0 aliphatic rings. The molecule has 0 fully saturated rings. The van der Waals surface area contributed by atoms with E-state index in [4.69, 9.17) is 21.1 Å². The van der Waals surface area contributed by atoms with Crippen molar-refractivity contribution in [2.75, 3.05) is 13.2 Å². The Balaban J connectivity index is 0.000000308. The molecule has 0 spiro atoms. The number of nitrogens with two attached hydrogens (primary N) is 1. The largest absolute Gasteiger partial charge is 0.469 e. The highest BCUT2D eigenvalue weighted by Crippen LogP contribution is 2.28. The van der Waals surface area contributed by atoms with Crippen molar-refractivity contribution in [3.63, 3.8) is 0 Å². The molecule has 0 amide bonds. The number of amidine groups is 1. The molecule has 5 N–H and O–H groups in total. The van der Waals surface area contributed by atoms with Crippen molar-refractivity contribution in [1.29, 1.82) is 5.41 Å². The first-order valence-electron chi connectivity index (χ1n) is 8.62. The Morgan fingerprint density at radius 1 is 1.24 bits per heavy atom. The minimum absolute atomic E-state index is 0.238. The summed E-state index contributed by atoms with van der Waals surface area (Å²) in [7, 11) is 0. The fraction of sp³-hybridized carbons (Fsp3) is 0.316. The highest BCUT2D eigenvalue weighted by Gasteiger charge is 2.29. The molecule has 0 aliphatic carbocycles. The lowest BCUT2D eigenvalue weighted by molar-refractivity contribution is -0.137. The third-order valence-electron chi connectivity index (χ3n) is 3.51. The molecule has 0 aliphatic heterocycles. The number of aliphatic hydroxyl groups is 1. The molecule has 1 aromatic carbocycles. The van der Waals surface area contributed by atoms with E-state index >= 15 is 0 Å². The predicted molar refractivity (Wildman–Crippen MR) is 105 cm³/mol. The Labute approximate surface area is 166 Å². The fourth-order valence-electron chi connectivity index (χ4n) is 1.95. The standard InChI is InChI=1S/C11H17N5O.C8H7F3O/c1-3-14-10(16-13)7-17-11-5-4-9(6-15-11)8(2)12;9-8(10,11)7-3-1-6(5-12)2-4-7/h4-6,12H,3,7,13H2,1-2H3,(H,14,16);1-4,12H,5H2. The number of halogens is 3. The van der Waals surface area contributed by atoms with Crippen LogP contribution in [-0.2, 0) is 12.8 Å². The smallest absolute Gasteiger partial charge is 0.416 e. The summed E-state index contributed by atoms with van der Waals surface area (Å²) in [5.74, 6) is 6.33. The summed E-state index contributed by atoms with van der Waals surface area (Å²) in [6.45, 7) is 4.28. The molecule has 2 rings (SSSR count). The van der Waals surface area contributed by atoms with Gasteiger partial charge in [0.25, 0.3) is 0 Å². The van der Waals surface area contributed by atoms with Gasteiger partial charge in [-0.3, -0.25) is 4.99 Å². The van der Waals surface area contributed by atoms with E-state index in [0.29, 0.717) is 29.5 Å². The van der Waals surface area contributed by atoms with Crippen LogP contribution in [0.5, 0.6) is 5.88 Å². The van der Waals surface area contributed by atoms with E-state index in [0.717, 1.165) is 17.7 Å². The second kappa shape index (κ2) is 11.8. The predicted octanol–water partition coefficient (Wildman–Crippen LogP) is 2.93. The van der Waals surface area contributed by atoms with Crippen LogP contribution < -0.4 is 16.0 Å². The maximum atomic E-state index is 12.0. The molecule has 2 aromatic rings. The number of alkyl halides is 3. The quantitative estimate of drug-likeness (QED) is 0.252. The lowest BCUT2D eigenvalue weighted by Crippen LogP contribution is -2.35. The summed E-state index contributed by atoms with van der Waals surface area (Å²) in [6, 6.07) is 7.91. The molecule has 0 radical (unpaired) electrons. The van der Waals surface area contributed by atoms with Gasteiger partial charge in [-0.25, -0.2) is 10.8 Å². The number of hydrazine groups is 1. The van der Waals surface area contributed by atoms with Crippen LogP contribution in [0.2, 0.25) is 0 Å². The zero-order chi connectivity index (χ0) is 21.9. The van der Waals surface area contributed by atoms with Gasteiger partial charge in [0, 0.05) is 30.1 Å². The summed E-state index contributed by atoms with van der Waals surface area (Å²) in [5.41, 5.74) is 3.49. The van der Waals surface area contributed by atoms with Crippen molar-refractivity contribution < 1.29 is 23.0 Å². The molecule has 0 saturated heterocycles. The van der Waals surface area contributed by atoms with Gasteiger partial charge >= 0.3 is 6.18 Å². The van der Waals surface area contributed by atoms with Crippen LogP contribution in [0, 0.1) is 5.41 Å². The van der Waals surface area contributed by atoms with Crippen LogP contribution >= 0.6 is 0 Å². The number of aliphatic hydroxyl groups excluding tert-OH is 1. The summed E-state index contributed by atoms with van der Waals surface area (Å²) < 4.78 is 41.3. The van der Waals surface area contributed by atoms with Gasteiger partial charge in [-0.1, -0.05) is 12.1 Å². The Bertz CT molecular complexity index is 791. The van der Waals surface area contributed by atoms with E-state index < -0.39 is 11.7 Å². The SMILES string of the molecule is CCN=C(COc1ccc(C(C)=N)cn1)NN.OCc1ccc(C(F)(F)F)cc1. The molecular formula is C19H24F3N5O2. The molecule has 10 heteroatoms. The third kappa shape index (κ3) is 8.71. The maximum Gasteiger partial charge on any atom is 0.416 e. The van der Waals surface area contributed by atoms with Gasteiger partial charge in [-0.15, -0.1) is 0 Å². The second-order valence-corrected chi connectivity index (χ2v) is 5.72. The number of nitrogens with one attached hydrogen (secondary N) is 2. The Hall–Kier alpha value is -2.98. The first-order chi connectivity index (χ1) is 13.7. The minimum atomic E-state index is -4.30. The van der Waals surface area contributed by atoms with Crippen LogP contribution in [0.1, 0.15) is 30.5 Å². The van der Waals surface area contributed by atoms with Crippen LogP contribution in [0.15, 0.2) is 47.6 Å². The van der Waals surface area contributed by atoms with Gasteiger partial charge in [-0.2, -0.15) is 13.2 Å². The normalized spacial score (nSPS) is 11.3. The van der Waals surface area contributed by atoms with Gasteiger partial charge in [0.15, 0.2) is 0 Å². The highest BCUT2D eigenvalue weighted by atomic mass is 19.4. The van der Waals surface area contributed by atoms with Crippen molar-refractivity contribution in [2.24, 2.45) is 10.8 Å². The maximum absolute atomic E-state index is 12.0. The summed E-state index contributed by atoms with van der Waals surface area (Å²) in [4.78, 5) is 8.18. The van der Waals surface area contributed by atoms with Crippen molar-refractivity contribution in [3.8, 4) is 5.88 Å². The molecule has 0 unspecified atom stereocenters. The van der Waals surface area contributed by atoms with E-state index in [1.807, 2.05) is 6.92 Å². The van der Waals surface area contributed by atoms with Gasteiger partial charge in [-0.05, 0) is 37.6 Å². The van der Waals surface area contributed by atoms with Gasteiger partial charge in [0.2, 0.25) is 5.88 Å². The number of rotatable bonds is 6. The van der Waals surface area contributed by atoms with E-state index in [1.54, 1.807) is 25.3 Å². The molecule has 7 nitrogen and oxygen atoms in total. The van der Waals surface area contributed by atoms with Crippen LogP contribution in [0.3, 0.4) is 0 Å². The van der Waals surface area contributed by atoms with Gasteiger partial charge in [0.1, 0.15) is 12.4 Å². The molecule has 0 saturated carbocycles. The first-order valence-corrected chi connectivity index (χ1v) is 8.62. The molecule has 29 heavy (non-hydrogen) atoms. The molecule has 0 atom stereocenters. The summed E-state index contributed by atoms with van der Waals surface area (Å²) >= 11 is 0. The Morgan fingerprint density at radius 3 is 2.31 bits per heavy atom. The van der Waals surface area contributed by atoms with E-state index in [9.17, 15) is 13.2 Å². The van der Waals surface area contributed by atoms with Crippen molar-refractivity contribution in [3.05, 3.63) is 59.3 Å². The number of pyridine rings is 1. The van der Waals surface area contributed by atoms with Gasteiger partial charge < -0.3 is 20.7 Å². The fourth-order valence-corrected chi connectivity index (χ4v) is 1.95. The molecule has 1 aromatic heterocycles. The van der Waals surface area contributed by atoms with Crippen molar-refractivity contribution in [2.45, 2.75) is 26.6 Å². The number of aliphatic imine (C=N–C) groups is 1. The summed E-state index contributed by atoms with van der Waals surface area (Å²) in [6.07, 6.45) is -2.70. The zero-order valence-corrected chi connectivity index (χ0v) is 16.1. The van der Waals surface area contributed by atoms with Crippen LogP contribution in [0.25, 0.3) is 0 Å². The highest BCUT2D eigenvalue weighted by molar-refractivity contribution is 5.95. The number of nitrogens with zero attached hydrogens (tertiary/aromatic N) is 2. The minimum Gasteiger partial charge on any atom is -0.469 e. The molecule has 0 bridgehead atoms. The zero-order valence-electron chi connectivity index (χ0n) is 16.1. The number of ether oxygens (including phenoxy) is 1. The average Bonchev–Trinajstić information content (AvgIpc) is 2.71. The lowest BCUT2D eigenvalue weighted by atomic mass is 10.1. The van der Waals surface area contributed by atoms with Crippen molar-refractivity contribution >= 4 is 11.5 Å². The molecule has 158 valence electrons. The third-order valence-corrected chi connectivity index (χ3v) is 3.51. The number of hydrogen-bond acceptors (Lipinski definition) is 6. The topological polar surface area (TPSA) is 117 Å². The average molecular weight is 411 g/mol. The number of benzene rings is 1. The van der Waals surface area contributed by atoms with Crippen LogP contribution in [0.4, 0.5) is 13.2 Å². The molecule has 1 heterocycles. The Kier molecular flexibility index (Phi) is 9.76. The molecular weight excluding hydrogens is 387 g/mol. The van der Waals surface area contributed by atoms with E-state index in [-0.39, 0.29) is 13.2 Å². The van der Waals surface area contributed by atoms with Crippen molar-refractivity contribution in [1.82, 2.24) is 10.4 Å². The summed E-state index contributed by atoms with van der Waals surface area (Å²) in [5, 5.41) is 16.0. The number of hydrogen-bond donors (Lipinski definition) is 4. The van der Waals surface area contributed by atoms with Gasteiger partial charge in [0.05, 0.1) is 12.2 Å². The Morgan fingerprint density at radius 2 is 1.90 bits per heavy atom. The van der Waals surface area contributed by atoms with E-state index in [2.05, 4.69) is 15.4 Å². The number of aromatic nitrogens is 1. The second-order valence-electron chi connectivity index (χ2n) is 5.72. The first kappa shape index (κ1) is 24.1. The van der Waals surface area contributed by atoms with Crippen LogP contribution in [-0.4, -0.2) is 34.8 Å². The van der Waals surface area contributed by atoms with E-state index in [1.165, 1.54) is 12.1 Å².